The molecular weight excluding hydrogens is 390 g/mol. The number of aromatic nitrogens is 1. The summed E-state index contributed by atoms with van der Waals surface area (Å²) in [6.07, 6.45) is 3.40. The number of pyridine rings is 1. The lowest BCUT2D eigenvalue weighted by atomic mass is 9.54. The Labute approximate surface area is 173 Å². The van der Waals surface area contributed by atoms with E-state index in [0.717, 1.165) is 6.42 Å². The van der Waals surface area contributed by atoms with Gasteiger partial charge in [0, 0.05) is 29.5 Å². The molecule has 2 aliphatic heterocycles. The summed E-state index contributed by atoms with van der Waals surface area (Å²) in [7, 11) is 0. The Morgan fingerprint density at radius 2 is 1.48 bits per heavy atom. The molecule has 4 heteroatoms. The molecule has 0 radical (unpaired) electrons. The highest BCUT2D eigenvalue weighted by Crippen LogP contribution is 2.59. The summed E-state index contributed by atoms with van der Waals surface area (Å²) >= 11 is 3.63. The second kappa shape index (κ2) is 6.30. The van der Waals surface area contributed by atoms with Gasteiger partial charge >= 0.3 is 0 Å². The zero-order valence-corrected chi connectivity index (χ0v) is 17.0. The van der Waals surface area contributed by atoms with E-state index >= 15 is 0 Å². The first-order chi connectivity index (χ1) is 12.9. The lowest BCUT2D eigenvalue weighted by Crippen LogP contribution is -3.00. The van der Waals surface area contributed by atoms with Crippen molar-refractivity contribution in [2.24, 2.45) is 0 Å². The molecule has 27 heavy (non-hydrogen) atoms. The predicted octanol–water partition coefficient (Wildman–Crippen LogP) is 2.53. The fourth-order valence-electron chi connectivity index (χ4n) is 5.31. The number of fused-ring (bicyclic) bond motifs is 1. The molecule has 1 aromatic carbocycles. The predicted molar refractivity (Wildman–Crippen MR) is 107 cm³/mol. The molecule has 0 saturated carbocycles. The second-order valence-electron chi connectivity index (χ2n) is 7.31. The Balaban J connectivity index is 0.00000160. The zero-order valence-electron chi connectivity index (χ0n) is 14.6. The maximum Gasteiger partial charge on any atom is 0.190 e. The lowest BCUT2D eigenvalue weighted by molar-refractivity contribution is -0.732. The smallest absolute Gasteiger partial charge is 0.190 e. The molecule has 0 N–H and O–H groups in total. The summed E-state index contributed by atoms with van der Waals surface area (Å²) in [6, 6.07) is 20.9. The topological polar surface area (TPSA) is 3.88 Å². The van der Waals surface area contributed by atoms with Crippen molar-refractivity contribution < 1.29 is 17.0 Å². The van der Waals surface area contributed by atoms with Crippen LogP contribution < -0.4 is 17.0 Å². The van der Waals surface area contributed by atoms with E-state index < -0.39 is 0 Å². The van der Waals surface area contributed by atoms with Gasteiger partial charge in [0.1, 0.15) is 0 Å². The molecule has 4 aromatic rings. The molecule has 0 saturated heterocycles. The Bertz CT molecular complexity index is 1000. The Hall–Kier alpha value is -1.94. The van der Waals surface area contributed by atoms with E-state index in [1.165, 1.54) is 27.9 Å². The molecule has 0 amide bonds. The molecule has 0 unspecified atom stereocenters. The van der Waals surface area contributed by atoms with Gasteiger partial charge in [-0.05, 0) is 50.3 Å². The van der Waals surface area contributed by atoms with Crippen molar-refractivity contribution in [3.63, 3.8) is 0 Å². The summed E-state index contributed by atoms with van der Waals surface area (Å²) in [4.78, 5) is 0. The van der Waals surface area contributed by atoms with Crippen LogP contribution in [-0.4, -0.2) is 0 Å². The van der Waals surface area contributed by atoms with E-state index in [4.69, 9.17) is 0 Å². The van der Waals surface area contributed by atoms with E-state index in [1.807, 2.05) is 22.7 Å². The van der Waals surface area contributed by atoms with Gasteiger partial charge in [-0.3, -0.25) is 0 Å². The molecule has 0 spiro atoms. The quantitative estimate of drug-likeness (QED) is 0.449. The van der Waals surface area contributed by atoms with Crippen LogP contribution in [0.15, 0.2) is 82.3 Å². The summed E-state index contributed by atoms with van der Waals surface area (Å²) in [5, 5.41) is 9.20. The third-order valence-electron chi connectivity index (χ3n) is 6.30. The molecule has 7 rings (SSSR count). The van der Waals surface area contributed by atoms with Gasteiger partial charge in [-0.1, -0.05) is 30.3 Å². The van der Waals surface area contributed by atoms with Gasteiger partial charge in [-0.15, -0.1) is 0 Å². The minimum Gasteiger partial charge on any atom is -1.00 e. The van der Waals surface area contributed by atoms with Crippen LogP contribution in [0.25, 0.3) is 0 Å². The van der Waals surface area contributed by atoms with Gasteiger partial charge in [0.2, 0.25) is 0 Å². The Morgan fingerprint density at radius 1 is 0.815 bits per heavy atom. The summed E-state index contributed by atoms with van der Waals surface area (Å²) in [5.74, 6) is 0.356. The van der Waals surface area contributed by atoms with Crippen LogP contribution in [0.2, 0.25) is 0 Å². The van der Waals surface area contributed by atoms with Gasteiger partial charge in [-0.25, -0.2) is 0 Å². The van der Waals surface area contributed by atoms with Gasteiger partial charge < -0.3 is 12.4 Å². The standard InChI is InChI=1S/C23H18NS2.ClH/c1-2-6-19-18(5-1)21-13-23(16-8-11-25-14-16,17-9-12-26-15-17)22(19)20-7-3-4-10-24(20)21;/h1-12,14-15,21-22H,13H2;1H/q+1;/p-1/t21-,22+;/m1./s1. The molecule has 3 aliphatic rings. The van der Waals surface area contributed by atoms with Crippen molar-refractivity contribution in [1.29, 1.82) is 0 Å². The number of rotatable bonds is 2. The minimum absolute atomic E-state index is 0. The molecule has 0 fully saturated rings. The van der Waals surface area contributed by atoms with Crippen LogP contribution in [0.5, 0.6) is 0 Å². The van der Waals surface area contributed by atoms with Gasteiger partial charge in [0.15, 0.2) is 17.9 Å². The lowest BCUT2D eigenvalue weighted by Gasteiger charge is -2.49. The monoisotopic (exact) mass is 407 g/mol. The van der Waals surface area contributed by atoms with Crippen LogP contribution in [0, 0.1) is 0 Å². The highest BCUT2D eigenvalue weighted by Gasteiger charge is 2.59. The first-order valence-electron chi connectivity index (χ1n) is 9.04. The maximum absolute atomic E-state index is 2.52. The van der Waals surface area contributed by atoms with Gasteiger partial charge in [0.05, 0.1) is 5.92 Å². The number of hydrogen-bond acceptors (Lipinski definition) is 2. The van der Waals surface area contributed by atoms with Crippen LogP contribution in [0.1, 0.15) is 46.3 Å². The number of halogens is 1. The van der Waals surface area contributed by atoms with E-state index in [1.54, 1.807) is 0 Å². The first kappa shape index (κ1) is 17.2. The van der Waals surface area contributed by atoms with Crippen LogP contribution in [0.3, 0.4) is 0 Å². The Morgan fingerprint density at radius 3 is 2.15 bits per heavy atom. The number of nitrogens with zero attached hydrogens (tertiary/aromatic N) is 1. The molecule has 1 aliphatic carbocycles. The molecule has 2 bridgehead atoms. The van der Waals surface area contributed by atoms with Crippen LogP contribution in [-0.2, 0) is 5.41 Å². The second-order valence-corrected chi connectivity index (χ2v) is 8.87. The summed E-state index contributed by atoms with van der Waals surface area (Å²) < 4.78 is 2.52. The molecule has 134 valence electrons. The third kappa shape index (κ3) is 2.19. The fraction of sp³-hybridized carbons (Fsp3) is 0.174. The van der Waals surface area contributed by atoms with E-state index in [2.05, 4.69) is 86.9 Å². The van der Waals surface area contributed by atoms with Gasteiger partial charge in [-0.2, -0.15) is 27.2 Å². The average molecular weight is 408 g/mol. The van der Waals surface area contributed by atoms with E-state index in [9.17, 15) is 0 Å². The molecule has 5 heterocycles. The SMILES string of the molecule is [Cl-].c1ccc2c(c1)[C@H]1c3cccc[n+]3[C@@H]2CC1(c1ccsc1)c1ccsc1. The third-order valence-corrected chi connectivity index (χ3v) is 7.67. The highest BCUT2D eigenvalue weighted by atomic mass is 35.5. The number of thiophene rings is 2. The van der Waals surface area contributed by atoms with Crippen molar-refractivity contribution in [2.45, 2.75) is 23.8 Å². The van der Waals surface area contributed by atoms with E-state index in [-0.39, 0.29) is 17.8 Å². The molecule has 1 nitrogen and oxygen atoms in total. The summed E-state index contributed by atoms with van der Waals surface area (Å²) in [5.41, 5.74) is 7.43. The van der Waals surface area contributed by atoms with Crippen molar-refractivity contribution in [2.75, 3.05) is 0 Å². The first-order valence-corrected chi connectivity index (χ1v) is 10.9. The average Bonchev–Trinajstić information content (AvgIpc) is 3.42. The number of hydrogen-bond donors (Lipinski definition) is 0. The maximum atomic E-state index is 2.52. The summed E-state index contributed by atoms with van der Waals surface area (Å²) in [6.45, 7) is 0. The van der Waals surface area contributed by atoms with Crippen molar-refractivity contribution in [3.8, 4) is 0 Å². The van der Waals surface area contributed by atoms with Crippen LogP contribution >= 0.6 is 22.7 Å². The van der Waals surface area contributed by atoms with Crippen molar-refractivity contribution >= 4 is 22.7 Å². The van der Waals surface area contributed by atoms with Crippen molar-refractivity contribution in [3.05, 3.63) is 110 Å². The highest BCUT2D eigenvalue weighted by molar-refractivity contribution is 7.08. The van der Waals surface area contributed by atoms with Crippen molar-refractivity contribution in [1.82, 2.24) is 0 Å². The van der Waals surface area contributed by atoms with E-state index in [0.29, 0.717) is 12.0 Å². The minimum atomic E-state index is 0. The Kier molecular flexibility index (Phi) is 4.01. The molecule has 3 aromatic heterocycles. The zero-order chi connectivity index (χ0) is 17.1. The molecular formula is C23H18ClNS2. The largest absolute Gasteiger partial charge is 1.00 e. The van der Waals surface area contributed by atoms with Crippen LogP contribution in [0.4, 0.5) is 0 Å². The van der Waals surface area contributed by atoms with Gasteiger partial charge in [0.25, 0.3) is 0 Å². The number of benzene rings is 1. The normalized spacial score (nSPS) is 21.2. The fourth-order valence-corrected chi connectivity index (χ4v) is 6.78. The molecule has 2 atom stereocenters.